The SMILES string of the molecule is CC(C)(C)OC(=O)/C=C/c1ccc(C(=C2CCSCC2)c2ccc(O)cc2)cc1. The van der Waals surface area contributed by atoms with E-state index in [1.165, 1.54) is 17.2 Å². The fourth-order valence-corrected chi connectivity index (χ4v) is 4.32. The zero-order valence-corrected chi connectivity index (χ0v) is 18.1. The summed E-state index contributed by atoms with van der Waals surface area (Å²) in [6.45, 7) is 5.57. The van der Waals surface area contributed by atoms with Gasteiger partial charge in [0.25, 0.3) is 0 Å². The van der Waals surface area contributed by atoms with Crippen LogP contribution in [0.25, 0.3) is 11.6 Å². The summed E-state index contributed by atoms with van der Waals surface area (Å²) in [5.74, 6) is 2.23. The van der Waals surface area contributed by atoms with E-state index in [-0.39, 0.29) is 11.7 Å². The van der Waals surface area contributed by atoms with Crippen molar-refractivity contribution in [3.8, 4) is 5.75 Å². The van der Waals surface area contributed by atoms with Crippen LogP contribution in [0, 0.1) is 0 Å². The molecule has 0 radical (unpaired) electrons. The third kappa shape index (κ3) is 6.26. The van der Waals surface area contributed by atoms with Crippen LogP contribution in [0.4, 0.5) is 0 Å². The monoisotopic (exact) mass is 408 g/mol. The molecule has 1 N–H and O–H groups in total. The van der Waals surface area contributed by atoms with Crippen molar-refractivity contribution in [3.05, 3.63) is 76.9 Å². The number of hydrogen-bond acceptors (Lipinski definition) is 4. The minimum Gasteiger partial charge on any atom is -0.508 e. The lowest BCUT2D eigenvalue weighted by molar-refractivity contribution is -0.148. The maximum atomic E-state index is 11.9. The third-order valence-corrected chi connectivity index (χ3v) is 5.61. The van der Waals surface area contributed by atoms with Crippen molar-refractivity contribution in [2.45, 2.75) is 39.2 Å². The number of rotatable bonds is 4. The van der Waals surface area contributed by atoms with E-state index in [0.717, 1.165) is 41.0 Å². The second-order valence-corrected chi connectivity index (χ2v) is 9.35. The summed E-state index contributed by atoms with van der Waals surface area (Å²) in [6.07, 6.45) is 5.42. The number of benzene rings is 2. The molecule has 3 nitrogen and oxygen atoms in total. The summed E-state index contributed by atoms with van der Waals surface area (Å²) in [4.78, 5) is 11.9. The van der Waals surface area contributed by atoms with Gasteiger partial charge < -0.3 is 9.84 Å². The first-order valence-corrected chi connectivity index (χ1v) is 11.1. The standard InChI is InChI=1S/C25H28O3S/c1-25(2,3)28-23(27)13-6-18-4-7-19(8-5-18)24(21-14-16-29-17-15-21)20-9-11-22(26)12-10-20/h4-13,26H,14-17H2,1-3H3/b13-6+. The van der Waals surface area contributed by atoms with Gasteiger partial charge in [-0.05, 0) is 85.6 Å². The van der Waals surface area contributed by atoms with E-state index in [9.17, 15) is 9.90 Å². The largest absolute Gasteiger partial charge is 0.508 e. The molecule has 152 valence electrons. The summed E-state index contributed by atoms with van der Waals surface area (Å²) in [7, 11) is 0. The smallest absolute Gasteiger partial charge is 0.331 e. The molecule has 1 heterocycles. The quantitative estimate of drug-likeness (QED) is 0.492. The molecule has 0 amide bonds. The Labute approximate surface area is 177 Å². The van der Waals surface area contributed by atoms with Crippen molar-refractivity contribution >= 4 is 29.4 Å². The van der Waals surface area contributed by atoms with Gasteiger partial charge in [0.05, 0.1) is 0 Å². The van der Waals surface area contributed by atoms with Crippen LogP contribution in [-0.4, -0.2) is 28.2 Å². The second kappa shape index (κ2) is 9.36. The molecule has 0 spiro atoms. The fourth-order valence-electron chi connectivity index (χ4n) is 3.33. The van der Waals surface area contributed by atoms with E-state index in [1.807, 2.05) is 56.8 Å². The van der Waals surface area contributed by atoms with Crippen molar-refractivity contribution < 1.29 is 14.6 Å². The number of phenolic OH excluding ortho intramolecular Hbond substituents is 1. The average Bonchev–Trinajstić information content (AvgIpc) is 2.69. The number of ether oxygens (including phenoxy) is 1. The Balaban J connectivity index is 1.86. The molecule has 0 unspecified atom stereocenters. The number of thioether (sulfide) groups is 1. The number of carbonyl (C=O) groups excluding carboxylic acids is 1. The highest BCUT2D eigenvalue weighted by Gasteiger charge is 2.16. The highest BCUT2D eigenvalue weighted by Crippen LogP contribution is 2.35. The number of esters is 1. The molecule has 2 aromatic carbocycles. The molecule has 0 aliphatic carbocycles. The summed E-state index contributed by atoms with van der Waals surface area (Å²) < 4.78 is 5.31. The van der Waals surface area contributed by atoms with Crippen LogP contribution in [0.5, 0.6) is 5.75 Å². The minimum atomic E-state index is -0.491. The Morgan fingerprint density at radius 2 is 1.52 bits per heavy atom. The van der Waals surface area contributed by atoms with Gasteiger partial charge in [0.2, 0.25) is 0 Å². The van der Waals surface area contributed by atoms with E-state index in [1.54, 1.807) is 18.2 Å². The van der Waals surface area contributed by atoms with E-state index in [4.69, 9.17) is 4.74 Å². The molecule has 1 saturated heterocycles. The van der Waals surface area contributed by atoms with E-state index in [0.29, 0.717) is 0 Å². The number of aromatic hydroxyl groups is 1. The number of carbonyl (C=O) groups is 1. The molecule has 1 fully saturated rings. The molecule has 2 aromatic rings. The van der Waals surface area contributed by atoms with Crippen LogP contribution in [0.2, 0.25) is 0 Å². The van der Waals surface area contributed by atoms with Crippen molar-refractivity contribution in [2.75, 3.05) is 11.5 Å². The summed E-state index contributed by atoms with van der Waals surface area (Å²) in [5, 5.41) is 9.67. The Hall–Kier alpha value is -2.46. The van der Waals surface area contributed by atoms with Crippen LogP contribution >= 0.6 is 11.8 Å². The average molecular weight is 409 g/mol. The number of phenols is 1. The van der Waals surface area contributed by atoms with Crippen LogP contribution in [0.3, 0.4) is 0 Å². The van der Waals surface area contributed by atoms with E-state index >= 15 is 0 Å². The zero-order chi connectivity index (χ0) is 20.9. The van der Waals surface area contributed by atoms with Gasteiger partial charge in [-0.3, -0.25) is 0 Å². The van der Waals surface area contributed by atoms with Gasteiger partial charge in [0, 0.05) is 6.08 Å². The molecule has 0 aromatic heterocycles. The van der Waals surface area contributed by atoms with E-state index < -0.39 is 5.60 Å². The summed E-state index contributed by atoms with van der Waals surface area (Å²) >= 11 is 2.00. The lowest BCUT2D eigenvalue weighted by Gasteiger charge is -2.20. The highest BCUT2D eigenvalue weighted by molar-refractivity contribution is 7.99. The van der Waals surface area contributed by atoms with Crippen LogP contribution in [0.1, 0.15) is 50.3 Å². The van der Waals surface area contributed by atoms with Gasteiger partial charge in [-0.1, -0.05) is 42.0 Å². The van der Waals surface area contributed by atoms with Gasteiger partial charge in [-0.2, -0.15) is 11.8 Å². The van der Waals surface area contributed by atoms with Gasteiger partial charge in [0.1, 0.15) is 11.4 Å². The zero-order valence-electron chi connectivity index (χ0n) is 17.3. The second-order valence-electron chi connectivity index (χ2n) is 8.13. The van der Waals surface area contributed by atoms with Crippen LogP contribution in [-0.2, 0) is 9.53 Å². The maximum absolute atomic E-state index is 11.9. The molecule has 29 heavy (non-hydrogen) atoms. The first kappa shape index (κ1) is 21.3. The molecule has 1 aliphatic rings. The normalized spacial score (nSPS) is 14.8. The number of allylic oxidation sites excluding steroid dienone is 1. The Kier molecular flexibility index (Phi) is 6.86. The molecule has 0 bridgehead atoms. The van der Waals surface area contributed by atoms with Crippen LogP contribution in [0.15, 0.2) is 60.2 Å². The first-order chi connectivity index (χ1) is 13.8. The highest BCUT2D eigenvalue weighted by atomic mass is 32.2. The lowest BCUT2D eigenvalue weighted by atomic mass is 9.90. The van der Waals surface area contributed by atoms with Gasteiger partial charge in [-0.15, -0.1) is 0 Å². The lowest BCUT2D eigenvalue weighted by Crippen LogP contribution is -2.22. The molecule has 3 rings (SSSR count). The van der Waals surface area contributed by atoms with Crippen molar-refractivity contribution in [1.29, 1.82) is 0 Å². The molecule has 4 heteroatoms. The molecule has 0 atom stereocenters. The van der Waals surface area contributed by atoms with Crippen molar-refractivity contribution in [1.82, 2.24) is 0 Å². The Bertz CT molecular complexity index is 893. The van der Waals surface area contributed by atoms with Gasteiger partial charge >= 0.3 is 5.97 Å². The van der Waals surface area contributed by atoms with Gasteiger partial charge in [0.15, 0.2) is 0 Å². The number of hydrogen-bond donors (Lipinski definition) is 1. The third-order valence-electron chi connectivity index (χ3n) is 4.62. The maximum Gasteiger partial charge on any atom is 0.331 e. The van der Waals surface area contributed by atoms with Crippen molar-refractivity contribution in [3.63, 3.8) is 0 Å². The van der Waals surface area contributed by atoms with Gasteiger partial charge in [-0.25, -0.2) is 4.79 Å². The topological polar surface area (TPSA) is 46.5 Å². The summed E-state index contributed by atoms with van der Waals surface area (Å²) in [6, 6.07) is 15.7. The predicted octanol–water partition coefficient (Wildman–Crippen LogP) is 6.08. The molecule has 1 aliphatic heterocycles. The minimum absolute atomic E-state index is 0.278. The van der Waals surface area contributed by atoms with Crippen LogP contribution < -0.4 is 0 Å². The Morgan fingerprint density at radius 3 is 2.07 bits per heavy atom. The summed E-state index contributed by atoms with van der Waals surface area (Å²) in [5.41, 5.74) is 5.47. The molecular formula is C25H28O3S. The van der Waals surface area contributed by atoms with Crippen molar-refractivity contribution in [2.24, 2.45) is 0 Å². The first-order valence-electron chi connectivity index (χ1n) is 9.92. The predicted molar refractivity (Wildman–Crippen MR) is 122 cm³/mol. The molecule has 0 saturated carbocycles. The van der Waals surface area contributed by atoms with E-state index in [2.05, 4.69) is 12.1 Å². The fraction of sp³-hybridized carbons (Fsp3) is 0.320. The Morgan fingerprint density at radius 1 is 0.966 bits per heavy atom. The molecular weight excluding hydrogens is 380 g/mol.